The summed E-state index contributed by atoms with van der Waals surface area (Å²) in [4.78, 5) is 25.4. The van der Waals surface area contributed by atoms with Crippen molar-refractivity contribution in [2.75, 3.05) is 32.6 Å². The quantitative estimate of drug-likeness (QED) is 0.793. The summed E-state index contributed by atoms with van der Waals surface area (Å²) in [7, 11) is 3.37. The maximum atomic E-state index is 12.4. The molecule has 0 spiro atoms. The van der Waals surface area contributed by atoms with Crippen molar-refractivity contribution in [2.45, 2.75) is 38.5 Å². The van der Waals surface area contributed by atoms with E-state index in [9.17, 15) is 9.59 Å². The first-order valence-corrected chi connectivity index (χ1v) is 8.87. The Morgan fingerprint density at radius 3 is 2.36 bits per heavy atom. The second-order valence-corrected chi connectivity index (χ2v) is 7.09. The Hall–Kier alpha value is -2.08. The maximum Gasteiger partial charge on any atom is 0.259 e. The van der Waals surface area contributed by atoms with Crippen LogP contribution in [0.15, 0.2) is 24.3 Å². The number of carbonyl (C=O) groups excluding carboxylic acids is 2. The Morgan fingerprint density at radius 2 is 1.80 bits per heavy atom. The first-order valence-electron chi connectivity index (χ1n) is 8.87. The molecular weight excluding hydrogens is 318 g/mol. The molecule has 1 saturated carbocycles. The van der Waals surface area contributed by atoms with Crippen LogP contribution < -0.4 is 15.8 Å². The third kappa shape index (κ3) is 5.74. The monoisotopic (exact) mass is 347 g/mol. The molecule has 138 valence electrons. The van der Waals surface area contributed by atoms with Crippen LogP contribution in [0.4, 0.5) is 5.69 Å². The van der Waals surface area contributed by atoms with Crippen molar-refractivity contribution >= 4 is 17.5 Å². The summed E-state index contributed by atoms with van der Waals surface area (Å²) >= 11 is 0. The van der Waals surface area contributed by atoms with Crippen LogP contribution in [-0.2, 0) is 9.59 Å². The Labute approximate surface area is 149 Å². The number of rotatable bonds is 7. The predicted octanol–water partition coefficient (Wildman–Crippen LogP) is 2.39. The van der Waals surface area contributed by atoms with Crippen molar-refractivity contribution in [3.8, 4) is 5.75 Å². The second kappa shape index (κ2) is 8.85. The SMILES string of the molecule is CN(C)C(=O)COc1ccc(NC(=O)CC2(CN)CCCCC2)cc1. The molecule has 1 aliphatic carbocycles. The van der Waals surface area contributed by atoms with Crippen LogP contribution in [0.5, 0.6) is 5.75 Å². The van der Waals surface area contributed by atoms with Crippen molar-refractivity contribution in [3.63, 3.8) is 0 Å². The van der Waals surface area contributed by atoms with E-state index in [1.807, 2.05) is 0 Å². The van der Waals surface area contributed by atoms with Crippen LogP contribution in [0.2, 0.25) is 0 Å². The van der Waals surface area contributed by atoms with Gasteiger partial charge in [0.2, 0.25) is 5.91 Å². The molecule has 6 nitrogen and oxygen atoms in total. The zero-order valence-electron chi connectivity index (χ0n) is 15.2. The summed E-state index contributed by atoms with van der Waals surface area (Å²) < 4.78 is 5.42. The predicted molar refractivity (Wildman–Crippen MR) is 98.5 cm³/mol. The molecule has 0 atom stereocenters. The van der Waals surface area contributed by atoms with Crippen molar-refractivity contribution in [3.05, 3.63) is 24.3 Å². The molecule has 0 radical (unpaired) electrons. The van der Waals surface area contributed by atoms with Gasteiger partial charge in [-0.05, 0) is 49.1 Å². The topological polar surface area (TPSA) is 84.7 Å². The average Bonchev–Trinajstić information content (AvgIpc) is 2.61. The highest BCUT2D eigenvalue weighted by molar-refractivity contribution is 5.91. The van der Waals surface area contributed by atoms with E-state index in [0.29, 0.717) is 18.7 Å². The van der Waals surface area contributed by atoms with E-state index in [-0.39, 0.29) is 23.8 Å². The molecule has 0 heterocycles. The molecule has 1 aromatic rings. The van der Waals surface area contributed by atoms with E-state index in [1.165, 1.54) is 11.3 Å². The van der Waals surface area contributed by atoms with Crippen LogP contribution in [-0.4, -0.2) is 44.0 Å². The van der Waals surface area contributed by atoms with Crippen molar-refractivity contribution in [1.29, 1.82) is 0 Å². The van der Waals surface area contributed by atoms with Gasteiger partial charge in [0.25, 0.3) is 5.91 Å². The number of nitrogens with zero attached hydrogens (tertiary/aromatic N) is 1. The van der Waals surface area contributed by atoms with Gasteiger partial charge in [0.1, 0.15) is 5.75 Å². The number of ether oxygens (including phenoxy) is 1. The Kier molecular flexibility index (Phi) is 6.82. The van der Waals surface area contributed by atoms with Crippen LogP contribution >= 0.6 is 0 Å². The summed E-state index contributed by atoms with van der Waals surface area (Å²) in [6.45, 7) is 0.560. The van der Waals surface area contributed by atoms with Gasteiger partial charge in [0.05, 0.1) is 0 Å². The molecule has 2 rings (SSSR count). The lowest BCUT2D eigenvalue weighted by Gasteiger charge is -2.35. The molecular formula is C19H29N3O3. The van der Waals surface area contributed by atoms with Gasteiger partial charge in [0.15, 0.2) is 6.61 Å². The third-order valence-electron chi connectivity index (χ3n) is 4.88. The smallest absolute Gasteiger partial charge is 0.259 e. The molecule has 0 saturated heterocycles. The third-order valence-corrected chi connectivity index (χ3v) is 4.88. The van der Waals surface area contributed by atoms with Gasteiger partial charge in [-0.25, -0.2) is 0 Å². The average molecular weight is 347 g/mol. The molecule has 1 fully saturated rings. The van der Waals surface area contributed by atoms with Crippen LogP contribution in [0.25, 0.3) is 0 Å². The maximum absolute atomic E-state index is 12.4. The highest BCUT2D eigenvalue weighted by Gasteiger charge is 2.32. The number of benzene rings is 1. The molecule has 25 heavy (non-hydrogen) atoms. The summed E-state index contributed by atoms with van der Waals surface area (Å²) in [5.74, 6) is 0.500. The highest BCUT2D eigenvalue weighted by atomic mass is 16.5. The van der Waals surface area contributed by atoms with E-state index in [1.54, 1.807) is 38.4 Å². The van der Waals surface area contributed by atoms with Gasteiger partial charge in [-0.3, -0.25) is 9.59 Å². The fourth-order valence-electron chi connectivity index (χ4n) is 3.21. The lowest BCUT2D eigenvalue weighted by molar-refractivity contribution is -0.130. The summed E-state index contributed by atoms with van der Waals surface area (Å²) in [6, 6.07) is 7.06. The Bertz CT molecular complexity index is 578. The number of hydrogen-bond acceptors (Lipinski definition) is 4. The second-order valence-electron chi connectivity index (χ2n) is 7.09. The molecule has 0 bridgehead atoms. The van der Waals surface area contributed by atoms with Gasteiger partial charge in [-0.15, -0.1) is 0 Å². The van der Waals surface area contributed by atoms with Crippen molar-refractivity contribution in [2.24, 2.45) is 11.1 Å². The van der Waals surface area contributed by atoms with E-state index in [0.717, 1.165) is 31.4 Å². The molecule has 0 aliphatic heterocycles. The largest absolute Gasteiger partial charge is 0.484 e. The van der Waals surface area contributed by atoms with Crippen molar-refractivity contribution < 1.29 is 14.3 Å². The minimum absolute atomic E-state index is 0.00226. The fraction of sp³-hybridized carbons (Fsp3) is 0.579. The highest BCUT2D eigenvalue weighted by Crippen LogP contribution is 2.38. The molecule has 2 amide bonds. The zero-order chi connectivity index (χ0) is 18.3. The Balaban J connectivity index is 1.85. The zero-order valence-corrected chi connectivity index (χ0v) is 15.2. The molecule has 6 heteroatoms. The van der Waals surface area contributed by atoms with E-state index < -0.39 is 0 Å². The number of likely N-dealkylation sites (N-methyl/N-ethyl adjacent to an activating group) is 1. The summed E-state index contributed by atoms with van der Waals surface area (Å²) in [6.07, 6.45) is 6.08. The molecule has 1 aliphatic rings. The van der Waals surface area contributed by atoms with E-state index >= 15 is 0 Å². The first kappa shape index (κ1) is 19.2. The standard InChI is InChI=1S/C19H29N3O3/c1-22(2)18(24)13-25-16-8-6-15(7-9-16)21-17(23)12-19(14-20)10-4-3-5-11-19/h6-9H,3-5,10-14,20H2,1-2H3,(H,21,23). The van der Waals surface area contributed by atoms with Gasteiger partial charge < -0.3 is 20.7 Å². The molecule has 0 unspecified atom stereocenters. The molecule has 3 N–H and O–H groups in total. The summed E-state index contributed by atoms with van der Waals surface area (Å²) in [5.41, 5.74) is 6.63. The normalized spacial score (nSPS) is 16.1. The number of carbonyl (C=O) groups is 2. The van der Waals surface area contributed by atoms with Gasteiger partial charge in [-0.1, -0.05) is 19.3 Å². The number of nitrogens with two attached hydrogens (primary N) is 1. The first-order chi connectivity index (χ1) is 11.9. The van der Waals surface area contributed by atoms with Gasteiger partial charge in [-0.2, -0.15) is 0 Å². The van der Waals surface area contributed by atoms with Gasteiger partial charge in [0, 0.05) is 26.2 Å². The Morgan fingerprint density at radius 1 is 1.16 bits per heavy atom. The number of hydrogen-bond donors (Lipinski definition) is 2. The van der Waals surface area contributed by atoms with E-state index in [2.05, 4.69) is 5.32 Å². The van der Waals surface area contributed by atoms with Crippen LogP contribution in [0, 0.1) is 5.41 Å². The lowest BCUT2D eigenvalue weighted by atomic mass is 9.71. The fourth-order valence-corrected chi connectivity index (χ4v) is 3.21. The molecule has 0 aromatic heterocycles. The van der Waals surface area contributed by atoms with Crippen LogP contribution in [0.1, 0.15) is 38.5 Å². The van der Waals surface area contributed by atoms with Crippen molar-refractivity contribution in [1.82, 2.24) is 4.90 Å². The van der Waals surface area contributed by atoms with E-state index in [4.69, 9.17) is 10.5 Å². The minimum atomic E-state index is -0.100. The summed E-state index contributed by atoms with van der Waals surface area (Å²) in [5, 5.41) is 2.93. The number of amides is 2. The number of anilines is 1. The van der Waals surface area contributed by atoms with Crippen LogP contribution in [0.3, 0.4) is 0 Å². The minimum Gasteiger partial charge on any atom is -0.484 e. The lowest BCUT2D eigenvalue weighted by Crippen LogP contribution is -2.36. The van der Waals surface area contributed by atoms with Gasteiger partial charge >= 0.3 is 0 Å². The number of nitrogens with one attached hydrogen (secondary N) is 1. The molecule has 1 aromatic carbocycles.